The Bertz CT molecular complexity index is 1350. The van der Waals surface area contributed by atoms with E-state index in [1.807, 2.05) is 74.5 Å². The number of cyclic esters (lactones) is 2. The van der Waals surface area contributed by atoms with Crippen LogP contribution >= 0.6 is 0 Å². The third-order valence-electron chi connectivity index (χ3n) is 9.40. The van der Waals surface area contributed by atoms with E-state index in [1.54, 1.807) is 0 Å². The maximum atomic E-state index is 12.9. The molecular formula is C36H46N2O8. The Morgan fingerprint density at radius 3 is 1.78 bits per heavy atom. The number of benzene rings is 2. The molecule has 4 heterocycles. The molecule has 4 saturated heterocycles. The average Bonchev–Trinajstić information content (AvgIpc) is 3.82. The summed E-state index contributed by atoms with van der Waals surface area (Å²) < 4.78 is 10.9. The summed E-state index contributed by atoms with van der Waals surface area (Å²) in [7, 11) is 0. The van der Waals surface area contributed by atoms with Gasteiger partial charge in [-0.2, -0.15) is 0 Å². The van der Waals surface area contributed by atoms with E-state index in [-0.39, 0.29) is 71.7 Å². The van der Waals surface area contributed by atoms with Crippen molar-refractivity contribution in [2.75, 3.05) is 0 Å². The molecule has 0 saturated carbocycles. The van der Waals surface area contributed by atoms with Crippen molar-refractivity contribution in [3.05, 3.63) is 71.8 Å². The van der Waals surface area contributed by atoms with Gasteiger partial charge in [-0.05, 0) is 42.2 Å². The molecule has 0 radical (unpaired) electrons. The summed E-state index contributed by atoms with van der Waals surface area (Å²) in [6.07, 6.45) is 3.07. The number of hydrogen-bond acceptors (Lipinski definition) is 8. The van der Waals surface area contributed by atoms with E-state index in [1.165, 1.54) is 10.1 Å². The topological polar surface area (TPSA) is 112 Å². The highest BCUT2D eigenvalue weighted by molar-refractivity contribution is 5.81. The fourth-order valence-corrected chi connectivity index (χ4v) is 6.66. The molecule has 4 aliphatic heterocycles. The fourth-order valence-electron chi connectivity index (χ4n) is 6.66. The van der Waals surface area contributed by atoms with Crippen LogP contribution in [0.3, 0.4) is 0 Å². The van der Waals surface area contributed by atoms with Gasteiger partial charge in [0.1, 0.15) is 25.4 Å². The van der Waals surface area contributed by atoms with E-state index in [9.17, 15) is 19.2 Å². The zero-order chi connectivity index (χ0) is 32.8. The maximum absolute atomic E-state index is 12.9. The van der Waals surface area contributed by atoms with Crippen molar-refractivity contribution < 1.29 is 38.3 Å². The van der Waals surface area contributed by atoms with Crippen LogP contribution in [-0.2, 0) is 51.5 Å². The lowest BCUT2D eigenvalue weighted by molar-refractivity contribution is -0.207. The van der Waals surface area contributed by atoms with Gasteiger partial charge in [0.05, 0.1) is 18.0 Å². The standard InChI is InChI=1S/C21H29NO4.C15H17NO4/c1-13(2)16-10-18(19-11-17(14(3)4)21(24)26-19)22(20(16)23)25-12-15-8-6-5-7-9-15;17-14-8-6-12(13-7-9-15(18)20-13)16(14)19-10-11-4-2-1-3-5-11/h5-9,13-14,16-19H,10-12H2,1-4H3;1-5,12-13H,6-10H2/t16-,17-,18?,19-;12?,13-/m00/s1. The van der Waals surface area contributed by atoms with Crippen LogP contribution in [0, 0.1) is 23.7 Å². The molecule has 2 amide bonds. The summed E-state index contributed by atoms with van der Waals surface area (Å²) in [5, 5.41) is 2.91. The summed E-state index contributed by atoms with van der Waals surface area (Å²) in [4.78, 5) is 59.8. The molecule has 2 unspecified atom stereocenters. The number of hydroxylamine groups is 4. The van der Waals surface area contributed by atoms with Crippen LogP contribution in [-0.4, -0.2) is 58.2 Å². The van der Waals surface area contributed by atoms with Crippen molar-refractivity contribution in [2.24, 2.45) is 23.7 Å². The van der Waals surface area contributed by atoms with Crippen molar-refractivity contribution in [1.82, 2.24) is 10.1 Å². The molecule has 2 aromatic carbocycles. The van der Waals surface area contributed by atoms with Crippen LogP contribution in [0.15, 0.2) is 60.7 Å². The van der Waals surface area contributed by atoms with Crippen molar-refractivity contribution in [1.29, 1.82) is 0 Å². The number of nitrogens with zero attached hydrogens (tertiary/aromatic N) is 2. The first kappa shape index (κ1) is 33.6. The number of hydrogen-bond donors (Lipinski definition) is 0. The third-order valence-corrected chi connectivity index (χ3v) is 9.40. The van der Waals surface area contributed by atoms with Gasteiger partial charge >= 0.3 is 11.9 Å². The first-order valence-corrected chi connectivity index (χ1v) is 16.5. The lowest BCUT2D eigenvalue weighted by atomic mass is 9.88. The summed E-state index contributed by atoms with van der Waals surface area (Å²) in [5.74, 6) is -0.0704. The zero-order valence-electron chi connectivity index (χ0n) is 27.2. The van der Waals surface area contributed by atoms with Gasteiger partial charge in [0, 0.05) is 25.2 Å². The predicted octanol–water partition coefficient (Wildman–Crippen LogP) is 5.39. The lowest BCUT2D eigenvalue weighted by Crippen LogP contribution is -2.41. The first-order chi connectivity index (χ1) is 22.1. The molecule has 0 bridgehead atoms. The van der Waals surface area contributed by atoms with Crippen LogP contribution in [0.4, 0.5) is 0 Å². The van der Waals surface area contributed by atoms with E-state index in [2.05, 4.69) is 13.8 Å². The van der Waals surface area contributed by atoms with Crippen LogP contribution in [0.5, 0.6) is 0 Å². The molecule has 6 rings (SSSR count). The van der Waals surface area contributed by atoms with Gasteiger partial charge in [0.15, 0.2) is 0 Å². The minimum absolute atomic E-state index is 0.00461. The van der Waals surface area contributed by atoms with Crippen LogP contribution in [0.25, 0.3) is 0 Å². The second kappa shape index (κ2) is 15.2. The molecule has 0 aromatic heterocycles. The van der Waals surface area contributed by atoms with Gasteiger partial charge in [-0.25, -0.2) is 10.1 Å². The summed E-state index contributed by atoms with van der Waals surface area (Å²) in [5.41, 5.74) is 2.02. The van der Waals surface area contributed by atoms with E-state index in [0.717, 1.165) is 11.1 Å². The number of rotatable bonds is 10. The molecule has 4 fully saturated rings. The summed E-state index contributed by atoms with van der Waals surface area (Å²) in [6, 6.07) is 19.1. The van der Waals surface area contributed by atoms with Gasteiger partial charge < -0.3 is 9.47 Å². The van der Waals surface area contributed by atoms with Crippen molar-refractivity contribution in [3.8, 4) is 0 Å². The molecule has 0 aliphatic carbocycles. The molecule has 2 aromatic rings. The molecule has 10 nitrogen and oxygen atoms in total. The Kier molecular flexibility index (Phi) is 11.1. The average molecular weight is 635 g/mol. The first-order valence-electron chi connectivity index (χ1n) is 16.5. The SMILES string of the molecule is CC(C)[C@@H]1C[C@@H](C2C[C@@H](C(C)C)C(=O)N2OCc2ccccc2)OC1=O.O=C1CC[C@@H](C2CCC(=O)N2OCc2ccccc2)O1. The number of carbonyl (C=O) groups excluding carboxylic acids is 4. The Balaban J connectivity index is 0.000000187. The van der Waals surface area contributed by atoms with Crippen molar-refractivity contribution in [3.63, 3.8) is 0 Å². The minimum atomic E-state index is -0.279. The van der Waals surface area contributed by atoms with Gasteiger partial charge in [-0.15, -0.1) is 0 Å². The second-order valence-electron chi connectivity index (χ2n) is 13.3. The molecule has 0 spiro atoms. The number of esters is 2. The maximum Gasteiger partial charge on any atom is 0.309 e. The normalized spacial score (nSPS) is 27.8. The number of carbonyl (C=O) groups is 4. The Morgan fingerprint density at radius 2 is 1.26 bits per heavy atom. The van der Waals surface area contributed by atoms with Gasteiger partial charge in [-0.1, -0.05) is 88.4 Å². The van der Waals surface area contributed by atoms with E-state index in [4.69, 9.17) is 19.1 Å². The Hall–Kier alpha value is -3.76. The third kappa shape index (κ3) is 7.96. The van der Waals surface area contributed by atoms with Gasteiger partial charge in [-0.3, -0.25) is 28.9 Å². The summed E-state index contributed by atoms with van der Waals surface area (Å²) >= 11 is 0. The molecular weight excluding hydrogens is 588 g/mol. The lowest BCUT2D eigenvalue weighted by Gasteiger charge is -2.27. The molecule has 6 atom stereocenters. The van der Waals surface area contributed by atoms with E-state index in [0.29, 0.717) is 51.7 Å². The van der Waals surface area contributed by atoms with E-state index >= 15 is 0 Å². The monoisotopic (exact) mass is 634 g/mol. The molecule has 0 N–H and O–H groups in total. The van der Waals surface area contributed by atoms with Crippen LogP contribution in [0.1, 0.15) is 77.3 Å². The zero-order valence-corrected chi connectivity index (χ0v) is 27.2. The largest absolute Gasteiger partial charge is 0.460 e. The Labute approximate surface area is 271 Å². The predicted molar refractivity (Wildman–Crippen MR) is 168 cm³/mol. The minimum Gasteiger partial charge on any atom is -0.460 e. The summed E-state index contributed by atoms with van der Waals surface area (Å²) in [6.45, 7) is 8.87. The van der Waals surface area contributed by atoms with Crippen LogP contribution < -0.4 is 0 Å². The van der Waals surface area contributed by atoms with Crippen molar-refractivity contribution in [2.45, 2.75) is 104 Å². The molecule has 248 valence electrons. The second-order valence-corrected chi connectivity index (χ2v) is 13.3. The fraction of sp³-hybridized carbons (Fsp3) is 0.556. The van der Waals surface area contributed by atoms with Crippen molar-refractivity contribution >= 4 is 23.8 Å². The molecule has 10 heteroatoms. The smallest absolute Gasteiger partial charge is 0.309 e. The van der Waals surface area contributed by atoms with E-state index < -0.39 is 0 Å². The number of amides is 2. The highest BCUT2D eigenvalue weighted by atomic mass is 16.7. The highest BCUT2D eigenvalue weighted by Gasteiger charge is 2.50. The van der Waals surface area contributed by atoms with Crippen LogP contribution in [0.2, 0.25) is 0 Å². The Morgan fingerprint density at radius 1 is 0.674 bits per heavy atom. The molecule has 46 heavy (non-hydrogen) atoms. The molecule has 4 aliphatic rings. The number of ether oxygens (including phenoxy) is 2. The quantitative estimate of drug-likeness (QED) is 0.320. The highest BCUT2D eigenvalue weighted by Crippen LogP contribution is 2.39. The van der Waals surface area contributed by atoms with Gasteiger partial charge in [0.2, 0.25) is 11.8 Å². The van der Waals surface area contributed by atoms with Gasteiger partial charge in [0.25, 0.3) is 0 Å².